The van der Waals surface area contributed by atoms with Gasteiger partial charge in [0.05, 0.1) is 6.61 Å². The maximum Gasteiger partial charge on any atom is 0.318 e. The molecule has 2 rings (SSSR count). The van der Waals surface area contributed by atoms with Crippen molar-refractivity contribution in [1.82, 2.24) is 15.1 Å². The van der Waals surface area contributed by atoms with Gasteiger partial charge < -0.3 is 14.4 Å². The van der Waals surface area contributed by atoms with Gasteiger partial charge >= 0.3 is 6.01 Å². The molecule has 0 saturated carbocycles. The second kappa shape index (κ2) is 5.66. The fraction of sp³-hybridized carbons (Fsp3) is 0.800. The van der Waals surface area contributed by atoms with Gasteiger partial charge in [-0.25, -0.2) is 0 Å². The number of halogens is 1. The lowest BCUT2D eigenvalue weighted by Gasteiger charge is -2.33. The Kier molecular flexibility index (Phi) is 4.20. The summed E-state index contributed by atoms with van der Waals surface area (Å²) in [4.78, 5) is 4.25. The summed E-state index contributed by atoms with van der Waals surface area (Å²) in [6, 6.07) is 0.538. The van der Waals surface area contributed by atoms with Crippen molar-refractivity contribution in [3.8, 4) is 0 Å². The standard InChI is InChI=1S/C10H17ClN4O2/c1-8(11)9-12-13-10(17-9)15-4-2-14(3-5-15)6-7-16/h8,16H,2-7H2,1H3. The summed E-state index contributed by atoms with van der Waals surface area (Å²) in [5, 5.41) is 16.5. The molecule has 0 amide bonds. The molecule has 1 fully saturated rings. The van der Waals surface area contributed by atoms with E-state index in [0.29, 0.717) is 11.9 Å². The van der Waals surface area contributed by atoms with Crippen molar-refractivity contribution in [2.45, 2.75) is 12.3 Å². The molecule has 6 nitrogen and oxygen atoms in total. The molecule has 17 heavy (non-hydrogen) atoms. The van der Waals surface area contributed by atoms with Crippen LogP contribution in [0.3, 0.4) is 0 Å². The van der Waals surface area contributed by atoms with Crippen LogP contribution in [-0.4, -0.2) is 59.5 Å². The molecule has 1 aromatic rings. The molecule has 0 aliphatic carbocycles. The second-order valence-electron chi connectivity index (χ2n) is 4.09. The van der Waals surface area contributed by atoms with E-state index in [1.54, 1.807) is 6.92 Å². The zero-order valence-electron chi connectivity index (χ0n) is 9.84. The number of hydrogen-bond acceptors (Lipinski definition) is 6. The molecule has 0 spiro atoms. The molecule has 0 bridgehead atoms. The van der Waals surface area contributed by atoms with Crippen LogP contribution < -0.4 is 4.90 Å². The highest BCUT2D eigenvalue weighted by atomic mass is 35.5. The number of aromatic nitrogens is 2. The van der Waals surface area contributed by atoms with Crippen molar-refractivity contribution in [1.29, 1.82) is 0 Å². The lowest BCUT2D eigenvalue weighted by Crippen LogP contribution is -2.47. The molecule has 7 heteroatoms. The van der Waals surface area contributed by atoms with Crippen LogP contribution in [-0.2, 0) is 0 Å². The third kappa shape index (κ3) is 3.08. The van der Waals surface area contributed by atoms with E-state index in [2.05, 4.69) is 15.1 Å². The molecule has 1 aliphatic rings. The highest BCUT2D eigenvalue weighted by molar-refractivity contribution is 6.20. The van der Waals surface area contributed by atoms with Gasteiger partial charge in [-0.3, -0.25) is 4.90 Å². The zero-order valence-corrected chi connectivity index (χ0v) is 10.6. The minimum atomic E-state index is -0.257. The summed E-state index contributed by atoms with van der Waals surface area (Å²) < 4.78 is 5.48. The number of β-amino-alcohol motifs (C(OH)–C–C–N with tert-alkyl or cyclic N) is 1. The minimum Gasteiger partial charge on any atom is -0.406 e. The van der Waals surface area contributed by atoms with Gasteiger partial charge in [-0.1, -0.05) is 5.10 Å². The first kappa shape index (κ1) is 12.6. The third-order valence-electron chi connectivity index (χ3n) is 2.83. The summed E-state index contributed by atoms with van der Waals surface area (Å²) in [6.07, 6.45) is 0. The van der Waals surface area contributed by atoms with Gasteiger partial charge in [0.15, 0.2) is 0 Å². The van der Waals surface area contributed by atoms with Gasteiger partial charge in [0, 0.05) is 32.7 Å². The Bertz CT molecular complexity index is 350. The van der Waals surface area contributed by atoms with E-state index >= 15 is 0 Å². The first-order valence-electron chi connectivity index (χ1n) is 5.76. The molecular formula is C10H17ClN4O2. The van der Waals surface area contributed by atoms with E-state index < -0.39 is 0 Å². The van der Waals surface area contributed by atoms with Gasteiger partial charge in [0.2, 0.25) is 5.89 Å². The molecule has 0 radical (unpaired) electrons. The first-order chi connectivity index (χ1) is 8.20. The molecule has 2 heterocycles. The number of aliphatic hydroxyl groups excluding tert-OH is 1. The molecule has 1 aliphatic heterocycles. The molecule has 1 atom stereocenters. The summed E-state index contributed by atoms with van der Waals surface area (Å²) in [7, 11) is 0. The Morgan fingerprint density at radius 2 is 2.06 bits per heavy atom. The van der Waals surface area contributed by atoms with Crippen LogP contribution in [0.1, 0.15) is 18.2 Å². The Hall–Kier alpha value is -0.850. The maximum absolute atomic E-state index is 8.86. The van der Waals surface area contributed by atoms with E-state index in [0.717, 1.165) is 32.7 Å². The van der Waals surface area contributed by atoms with Gasteiger partial charge in [-0.05, 0) is 6.92 Å². The smallest absolute Gasteiger partial charge is 0.318 e. The van der Waals surface area contributed by atoms with Crippen LogP contribution in [0.4, 0.5) is 6.01 Å². The summed E-state index contributed by atoms with van der Waals surface area (Å²) in [5.41, 5.74) is 0. The van der Waals surface area contributed by atoms with Crippen molar-refractivity contribution in [3.63, 3.8) is 0 Å². The normalized spacial score (nSPS) is 19.6. The Balaban J connectivity index is 1.91. The van der Waals surface area contributed by atoms with Crippen molar-refractivity contribution in [3.05, 3.63) is 5.89 Å². The maximum atomic E-state index is 8.86. The molecule has 1 saturated heterocycles. The topological polar surface area (TPSA) is 65.6 Å². The van der Waals surface area contributed by atoms with Crippen LogP contribution in [0.15, 0.2) is 4.42 Å². The SMILES string of the molecule is CC(Cl)c1nnc(N2CCN(CCO)CC2)o1. The predicted molar refractivity (Wildman–Crippen MR) is 64.3 cm³/mol. The number of nitrogens with zero attached hydrogens (tertiary/aromatic N) is 4. The average Bonchev–Trinajstić information content (AvgIpc) is 2.80. The van der Waals surface area contributed by atoms with Gasteiger partial charge in [-0.2, -0.15) is 0 Å². The van der Waals surface area contributed by atoms with Gasteiger partial charge in [0.1, 0.15) is 5.38 Å². The molecule has 1 unspecified atom stereocenters. The second-order valence-corrected chi connectivity index (χ2v) is 4.75. The largest absolute Gasteiger partial charge is 0.406 e. The van der Waals surface area contributed by atoms with Crippen molar-refractivity contribution in [2.24, 2.45) is 0 Å². The fourth-order valence-corrected chi connectivity index (χ4v) is 1.91. The Labute approximate surface area is 105 Å². The number of hydrogen-bond donors (Lipinski definition) is 1. The van der Waals surface area contributed by atoms with Gasteiger partial charge in [0.25, 0.3) is 0 Å². The van der Waals surface area contributed by atoms with Crippen LogP contribution >= 0.6 is 11.6 Å². The molecular weight excluding hydrogens is 244 g/mol. The van der Waals surface area contributed by atoms with Crippen LogP contribution in [0.2, 0.25) is 0 Å². The predicted octanol–water partition coefficient (Wildman–Crippen LogP) is 0.484. The van der Waals surface area contributed by atoms with E-state index in [4.69, 9.17) is 21.1 Å². The van der Waals surface area contributed by atoms with Crippen LogP contribution in [0, 0.1) is 0 Å². The average molecular weight is 261 g/mol. The van der Waals surface area contributed by atoms with E-state index in [1.807, 2.05) is 4.90 Å². The van der Waals surface area contributed by atoms with Gasteiger partial charge in [-0.15, -0.1) is 16.7 Å². The van der Waals surface area contributed by atoms with Crippen molar-refractivity contribution < 1.29 is 9.52 Å². The summed E-state index contributed by atoms with van der Waals surface area (Å²) in [6.45, 7) is 6.19. The Morgan fingerprint density at radius 1 is 1.35 bits per heavy atom. The summed E-state index contributed by atoms with van der Waals surface area (Å²) >= 11 is 5.87. The quantitative estimate of drug-likeness (QED) is 0.795. The third-order valence-corrected chi connectivity index (χ3v) is 3.02. The summed E-state index contributed by atoms with van der Waals surface area (Å²) in [5.74, 6) is 0.458. The van der Waals surface area contributed by atoms with E-state index in [9.17, 15) is 0 Å². The number of aliphatic hydroxyl groups is 1. The highest BCUT2D eigenvalue weighted by Crippen LogP contribution is 2.22. The first-order valence-corrected chi connectivity index (χ1v) is 6.20. The lowest BCUT2D eigenvalue weighted by atomic mass is 10.3. The van der Waals surface area contributed by atoms with E-state index in [1.165, 1.54) is 0 Å². The molecule has 1 aromatic heterocycles. The molecule has 0 aromatic carbocycles. The monoisotopic (exact) mass is 260 g/mol. The fourth-order valence-electron chi connectivity index (χ4n) is 1.82. The molecule has 96 valence electrons. The van der Waals surface area contributed by atoms with Crippen LogP contribution in [0.5, 0.6) is 0 Å². The van der Waals surface area contributed by atoms with Crippen molar-refractivity contribution in [2.75, 3.05) is 44.2 Å². The number of anilines is 1. The highest BCUT2D eigenvalue weighted by Gasteiger charge is 2.21. The Morgan fingerprint density at radius 3 is 2.59 bits per heavy atom. The number of alkyl halides is 1. The van der Waals surface area contributed by atoms with Crippen LogP contribution in [0.25, 0.3) is 0 Å². The lowest BCUT2D eigenvalue weighted by molar-refractivity contribution is 0.187. The van der Waals surface area contributed by atoms with E-state index in [-0.39, 0.29) is 12.0 Å². The number of piperazine rings is 1. The zero-order chi connectivity index (χ0) is 12.3. The van der Waals surface area contributed by atoms with Crippen molar-refractivity contribution >= 4 is 17.6 Å². The number of rotatable bonds is 4. The minimum absolute atomic E-state index is 0.203. The molecule has 1 N–H and O–H groups in total.